The molecule has 0 saturated heterocycles. The van der Waals surface area contributed by atoms with Crippen molar-refractivity contribution < 1.29 is 0 Å². The number of rotatable bonds is 6. The van der Waals surface area contributed by atoms with Crippen molar-refractivity contribution in [1.82, 2.24) is 19.5 Å². The normalized spacial score (nSPS) is 11.4. The zero-order valence-corrected chi connectivity index (χ0v) is 28.8. The van der Waals surface area contributed by atoms with Crippen molar-refractivity contribution >= 4 is 32.6 Å². The largest absolute Gasteiger partial charge is 0.309 e. The van der Waals surface area contributed by atoms with Crippen molar-refractivity contribution in [1.29, 1.82) is 0 Å². The van der Waals surface area contributed by atoms with E-state index in [0.717, 1.165) is 78.3 Å². The number of hydrogen-bond donors (Lipinski definition) is 0. The molecule has 6 aromatic carbocycles. The highest BCUT2D eigenvalue weighted by Gasteiger charge is 2.15. The van der Waals surface area contributed by atoms with E-state index in [1.165, 1.54) is 16.2 Å². The van der Waals surface area contributed by atoms with Crippen LogP contribution < -0.4 is 0 Å². The van der Waals surface area contributed by atoms with Crippen LogP contribution in [-0.2, 0) is 0 Å². The van der Waals surface area contributed by atoms with E-state index in [9.17, 15) is 0 Å². The Morgan fingerprint density at radius 1 is 0.340 bits per heavy atom. The molecular weight excluding hydrogens is 645 g/mol. The van der Waals surface area contributed by atoms with Gasteiger partial charge in [0.1, 0.15) is 0 Å². The number of hydrogen-bond acceptors (Lipinski definition) is 3. The van der Waals surface area contributed by atoms with Crippen molar-refractivity contribution in [2.45, 2.75) is 0 Å². The van der Waals surface area contributed by atoms with E-state index in [1.807, 2.05) is 36.7 Å². The van der Waals surface area contributed by atoms with Gasteiger partial charge in [-0.2, -0.15) is 0 Å². The van der Waals surface area contributed by atoms with E-state index in [1.54, 1.807) is 0 Å². The van der Waals surface area contributed by atoms with Crippen molar-refractivity contribution in [2.24, 2.45) is 0 Å². The van der Waals surface area contributed by atoms with Crippen LogP contribution in [0.25, 0.3) is 94.4 Å². The topological polar surface area (TPSA) is 43.6 Å². The number of aromatic nitrogens is 4. The van der Waals surface area contributed by atoms with Gasteiger partial charge in [0, 0.05) is 40.0 Å². The number of benzene rings is 6. The van der Waals surface area contributed by atoms with Crippen LogP contribution in [-0.4, -0.2) is 19.5 Å². The van der Waals surface area contributed by atoms with Gasteiger partial charge in [-0.3, -0.25) is 4.98 Å². The molecule has 0 aliphatic heterocycles. The number of fused-ring (bicyclic) bond motifs is 4. The zero-order chi connectivity index (χ0) is 35.1. The minimum atomic E-state index is 0.835. The Labute approximate surface area is 307 Å². The number of pyridine rings is 3. The van der Waals surface area contributed by atoms with E-state index in [-0.39, 0.29) is 0 Å². The molecule has 53 heavy (non-hydrogen) atoms. The summed E-state index contributed by atoms with van der Waals surface area (Å²) in [5, 5.41) is 4.74. The van der Waals surface area contributed by atoms with E-state index in [0.29, 0.717) is 0 Å². The fourth-order valence-corrected chi connectivity index (χ4v) is 7.43. The van der Waals surface area contributed by atoms with Crippen LogP contribution in [0, 0.1) is 0 Å². The standard InChI is InChI=1S/C49H32N4/c1-3-11-35(12-4-1)44-16-9-17-45(51-44)47-31-40(38-23-20-33-10-7-8-13-37(33)28-38)30-46(52-47)36-21-18-34(19-22-36)39-24-25-48-42(29-39)43-32-50-27-26-49(43)53(48)41-14-5-2-6-15-41/h1-32H. The highest BCUT2D eigenvalue weighted by atomic mass is 15.0. The molecular formula is C49H32N4. The Kier molecular flexibility index (Phi) is 7.43. The third kappa shape index (κ3) is 5.63. The van der Waals surface area contributed by atoms with Crippen molar-refractivity contribution in [3.05, 3.63) is 194 Å². The molecule has 4 heterocycles. The summed E-state index contributed by atoms with van der Waals surface area (Å²) in [7, 11) is 0. The second-order valence-electron chi connectivity index (χ2n) is 13.3. The second-order valence-corrected chi connectivity index (χ2v) is 13.3. The van der Waals surface area contributed by atoms with Gasteiger partial charge in [-0.25, -0.2) is 9.97 Å². The molecule has 0 spiro atoms. The molecule has 0 aliphatic rings. The summed E-state index contributed by atoms with van der Waals surface area (Å²) in [6, 6.07) is 64.0. The highest BCUT2D eigenvalue weighted by Crippen LogP contribution is 2.36. The lowest BCUT2D eigenvalue weighted by Crippen LogP contribution is -1.94. The van der Waals surface area contributed by atoms with Gasteiger partial charge in [0.2, 0.25) is 0 Å². The summed E-state index contributed by atoms with van der Waals surface area (Å²) in [5.41, 5.74) is 13.6. The first-order valence-corrected chi connectivity index (χ1v) is 17.8. The molecule has 0 aliphatic carbocycles. The molecule has 0 N–H and O–H groups in total. The maximum absolute atomic E-state index is 5.23. The first-order valence-electron chi connectivity index (χ1n) is 17.8. The quantitative estimate of drug-likeness (QED) is 0.176. The lowest BCUT2D eigenvalue weighted by Gasteiger charge is -2.12. The van der Waals surface area contributed by atoms with Crippen LogP contribution in [0.3, 0.4) is 0 Å². The Balaban J connectivity index is 1.07. The summed E-state index contributed by atoms with van der Waals surface area (Å²) in [6.07, 6.45) is 3.84. The summed E-state index contributed by atoms with van der Waals surface area (Å²) in [5.74, 6) is 0. The van der Waals surface area contributed by atoms with Gasteiger partial charge < -0.3 is 4.57 Å². The van der Waals surface area contributed by atoms with Crippen molar-refractivity contribution in [3.63, 3.8) is 0 Å². The monoisotopic (exact) mass is 676 g/mol. The molecule has 4 aromatic heterocycles. The summed E-state index contributed by atoms with van der Waals surface area (Å²) in [6.45, 7) is 0. The SMILES string of the molecule is c1ccc(-c2cccc(-c3cc(-c4ccc5ccccc5c4)cc(-c4ccc(-c5ccc6c(c5)c5cnccc5n6-c5ccccc5)cc4)n3)n2)cc1. The highest BCUT2D eigenvalue weighted by molar-refractivity contribution is 6.10. The van der Waals surface area contributed by atoms with E-state index in [2.05, 4.69) is 167 Å². The van der Waals surface area contributed by atoms with Crippen LogP contribution in [0.4, 0.5) is 0 Å². The minimum Gasteiger partial charge on any atom is -0.309 e. The predicted molar refractivity (Wildman–Crippen MR) is 219 cm³/mol. The van der Waals surface area contributed by atoms with E-state index >= 15 is 0 Å². The molecule has 0 amide bonds. The van der Waals surface area contributed by atoms with E-state index < -0.39 is 0 Å². The minimum absolute atomic E-state index is 0.835. The molecule has 0 fully saturated rings. The summed E-state index contributed by atoms with van der Waals surface area (Å²) < 4.78 is 2.31. The van der Waals surface area contributed by atoms with Gasteiger partial charge in [-0.1, -0.05) is 121 Å². The van der Waals surface area contributed by atoms with Gasteiger partial charge in [-0.05, 0) is 93.7 Å². The van der Waals surface area contributed by atoms with Crippen molar-refractivity contribution in [3.8, 4) is 61.8 Å². The fraction of sp³-hybridized carbons (Fsp3) is 0. The Morgan fingerprint density at radius 2 is 0.962 bits per heavy atom. The molecule has 0 bridgehead atoms. The van der Waals surface area contributed by atoms with Gasteiger partial charge in [0.05, 0.1) is 33.8 Å². The van der Waals surface area contributed by atoms with Gasteiger partial charge in [0.15, 0.2) is 0 Å². The fourth-order valence-electron chi connectivity index (χ4n) is 7.43. The maximum Gasteiger partial charge on any atom is 0.0900 e. The Bertz CT molecular complexity index is 2930. The summed E-state index contributed by atoms with van der Waals surface area (Å²) >= 11 is 0. The smallest absolute Gasteiger partial charge is 0.0900 e. The molecule has 4 nitrogen and oxygen atoms in total. The molecule has 0 saturated carbocycles. The van der Waals surface area contributed by atoms with Gasteiger partial charge in [-0.15, -0.1) is 0 Å². The lowest BCUT2D eigenvalue weighted by atomic mass is 9.97. The second kappa shape index (κ2) is 12.9. The summed E-state index contributed by atoms with van der Waals surface area (Å²) in [4.78, 5) is 14.8. The lowest BCUT2D eigenvalue weighted by molar-refractivity contribution is 1.17. The van der Waals surface area contributed by atoms with Crippen LogP contribution in [0.1, 0.15) is 0 Å². The molecule has 0 unspecified atom stereocenters. The molecule has 0 radical (unpaired) electrons. The average Bonchev–Trinajstić information content (AvgIpc) is 3.58. The van der Waals surface area contributed by atoms with Crippen molar-refractivity contribution in [2.75, 3.05) is 0 Å². The van der Waals surface area contributed by atoms with Crippen LogP contribution in [0.5, 0.6) is 0 Å². The van der Waals surface area contributed by atoms with Crippen LogP contribution in [0.2, 0.25) is 0 Å². The van der Waals surface area contributed by atoms with Crippen LogP contribution in [0.15, 0.2) is 194 Å². The third-order valence-electron chi connectivity index (χ3n) is 10.1. The average molecular weight is 677 g/mol. The molecule has 0 atom stereocenters. The Hall–Kier alpha value is -7.17. The third-order valence-corrected chi connectivity index (χ3v) is 10.1. The van der Waals surface area contributed by atoms with Gasteiger partial charge >= 0.3 is 0 Å². The zero-order valence-electron chi connectivity index (χ0n) is 28.8. The van der Waals surface area contributed by atoms with Crippen LogP contribution >= 0.6 is 0 Å². The first kappa shape index (κ1) is 30.6. The Morgan fingerprint density at radius 3 is 1.81 bits per heavy atom. The molecule has 248 valence electrons. The molecule has 10 aromatic rings. The molecule has 4 heteroatoms. The number of nitrogens with zero attached hydrogens (tertiary/aromatic N) is 4. The maximum atomic E-state index is 5.23. The van der Waals surface area contributed by atoms with E-state index in [4.69, 9.17) is 9.97 Å². The first-order chi connectivity index (χ1) is 26.2. The van der Waals surface area contributed by atoms with Gasteiger partial charge in [0.25, 0.3) is 0 Å². The molecule has 10 rings (SSSR count). The number of para-hydroxylation sites is 1. The predicted octanol–water partition coefficient (Wildman–Crippen LogP) is 12.5.